The van der Waals surface area contributed by atoms with Crippen LogP contribution in [0.2, 0.25) is 0 Å². The topological polar surface area (TPSA) is 69.6 Å². The highest BCUT2D eigenvalue weighted by atomic mass is 32.2. The third kappa shape index (κ3) is 4.56. The van der Waals surface area contributed by atoms with E-state index in [0.29, 0.717) is 6.54 Å². The van der Waals surface area contributed by atoms with Crippen LogP contribution in [-0.2, 0) is 0 Å². The van der Waals surface area contributed by atoms with E-state index in [1.165, 1.54) is 18.2 Å². The first-order valence-electron chi connectivity index (χ1n) is 5.53. The van der Waals surface area contributed by atoms with Crippen molar-refractivity contribution in [3.63, 3.8) is 0 Å². The van der Waals surface area contributed by atoms with Crippen LogP contribution in [0.4, 0.5) is 0 Å². The van der Waals surface area contributed by atoms with Crippen molar-refractivity contribution < 1.29 is 15.0 Å². The number of hydrogen-bond acceptors (Lipinski definition) is 4. The number of benzene rings is 1. The van der Waals surface area contributed by atoms with E-state index in [4.69, 9.17) is 0 Å². The number of thioether (sulfide) groups is 1. The maximum Gasteiger partial charge on any atom is 0.255 e. The summed E-state index contributed by atoms with van der Waals surface area (Å²) in [5.41, 5.74) is 0.105. The van der Waals surface area contributed by atoms with Gasteiger partial charge in [0.1, 0.15) is 11.5 Å². The maximum absolute atomic E-state index is 11.7. The highest BCUT2D eigenvalue weighted by Gasteiger charge is 2.10. The van der Waals surface area contributed by atoms with Crippen LogP contribution in [-0.4, -0.2) is 34.2 Å². The van der Waals surface area contributed by atoms with Crippen LogP contribution in [0.5, 0.6) is 11.5 Å². The lowest BCUT2D eigenvalue weighted by Gasteiger charge is -2.06. The minimum absolute atomic E-state index is 0.0329. The Kier molecular flexibility index (Phi) is 5.69. The fraction of sp³-hybridized carbons (Fsp3) is 0.417. The van der Waals surface area contributed by atoms with E-state index in [-0.39, 0.29) is 23.0 Å². The average molecular weight is 255 g/mol. The molecule has 17 heavy (non-hydrogen) atoms. The van der Waals surface area contributed by atoms with Gasteiger partial charge in [-0.25, -0.2) is 0 Å². The van der Waals surface area contributed by atoms with Gasteiger partial charge in [0.05, 0.1) is 5.56 Å². The first-order valence-corrected chi connectivity index (χ1v) is 6.68. The number of phenols is 2. The van der Waals surface area contributed by atoms with Crippen LogP contribution in [0.15, 0.2) is 18.2 Å². The monoisotopic (exact) mass is 255 g/mol. The van der Waals surface area contributed by atoms with E-state index in [0.717, 1.165) is 17.9 Å². The van der Waals surface area contributed by atoms with Gasteiger partial charge in [0.25, 0.3) is 5.91 Å². The third-order valence-corrected chi connectivity index (χ3v) is 3.17. The molecular weight excluding hydrogens is 238 g/mol. The van der Waals surface area contributed by atoms with E-state index in [1.54, 1.807) is 0 Å². The molecule has 0 aromatic heterocycles. The zero-order valence-corrected chi connectivity index (χ0v) is 10.6. The summed E-state index contributed by atoms with van der Waals surface area (Å²) in [6.45, 7) is 2.66. The van der Waals surface area contributed by atoms with Crippen molar-refractivity contribution in [2.75, 3.05) is 18.1 Å². The van der Waals surface area contributed by atoms with Crippen molar-refractivity contribution in [1.82, 2.24) is 5.32 Å². The zero-order chi connectivity index (χ0) is 12.7. The lowest BCUT2D eigenvalue weighted by Crippen LogP contribution is -2.24. The largest absolute Gasteiger partial charge is 0.508 e. The fourth-order valence-corrected chi connectivity index (χ4v) is 1.96. The first kappa shape index (κ1) is 13.7. The molecule has 0 aliphatic carbocycles. The normalized spacial score (nSPS) is 10.2. The van der Waals surface area contributed by atoms with Crippen molar-refractivity contribution in [2.45, 2.75) is 13.3 Å². The van der Waals surface area contributed by atoms with Crippen molar-refractivity contribution >= 4 is 17.7 Å². The van der Waals surface area contributed by atoms with Gasteiger partial charge in [0, 0.05) is 6.54 Å². The lowest BCUT2D eigenvalue weighted by atomic mass is 10.2. The predicted octanol–water partition coefficient (Wildman–Crippen LogP) is 1.97. The molecule has 1 aromatic rings. The Hall–Kier alpha value is -1.36. The second-order valence-electron chi connectivity index (χ2n) is 3.51. The molecule has 94 valence electrons. The number of nitrogens with one attached hydrogen (secondary N) is 1. The van der Waals surface area contributed by atoms with Gasteiger partial charge in [0.15, 0.2) is 0 Å². The standard InChI is InChI=1S/C12H17NO3S/c1-2-17-7-3-6-13-12(16)10-8-9(14)4-5-11(10)15/h4-5,8,14-15H,2-3,6-7H2,1H3,(H,13,16). The van der Waals surface area contributed by atoms with Gasteiger partial charge in [-0.05, 0) is 36.1 Å². The minimum atomic E-state index is -0.361. The number of hydrogen-bond donors (Lipinski definition) is 3. The average Bonchev–Trinajstić information content (AvgIpc) is 2.32. The Bertz CT molecular complexity index is 382. The Morgan fingerprint density at radius 2 is 2.18 bits per heavy atom. The Morgan fingerprint density at radius 3 is 2.88 bits per heavy atom. The molecule has 0 saturated carbocycles. The molecule has 0 unspecified atom stereocenters. The summed E-state index contributed by atoms with van der Waals surface area (Å²) >= 11 is 1.82. The summed E-state index contributed by atoms with van der Waals surface area (Å²) in [6, 6.07) is 3.90. The quantitative estimate of drug-likeness (QED) is 0.537. The summed E-state index contributed by atoms with van der Waals surface area (Å²) in [6.07, 6.45) is 0.893. The van der Waals surface area contributed by atoms with Gasteiger partial charge in [-0.3, -0.25) is 4.79 Å². The highest BCUT2D eigenvalue weighted by molar-refractivity contribution is 7.99. The number of phenolic OH excluding ortho intramolecular Hbond substituents is 2. The first-order chi connectivity index (χ1) is 8.15. The van der Waals surface area contributed by atoms with Gasteiger partial charge in [-0.2, -0.15) is 11.8 Å². The van der Waals surface area contributed by atoms with E-state index >= 15 is 0 Å². The summed E-state index contributed by atoms with van der Waals surface area (Å²) in [5.74, 6) is 1.56. The molecule has 0 fully saturated rings. The van der Waals surface area contributed by atoms with Gasteiger partial charge < -0.3 is 15.5 Å². The molecule has 0 radical (unpaired) electrons. The summed E-state index contributed by atoms with van der Waals surface area (Å²) < 4.78 is 0. The van der Waals surface area contributed by atoms with Crippen LogP contribution in [0.3, 0.4) is 0 Å². The SMILES string of the molecule is CCSCCCNC(=O)c1cc(O)ccc1O. The smallest absolute Gasteiger partial charge is 0.255 e. The lowest BCUT2D eigenvalue weighted by molar-refractivity contribution is 0.0950. The van der Waals surface area contributed by atoms with Crippen molar-refractivity contribution in [3.05, 3.63) is 23.8 Å². The number of aromatic hydroxyl groups is 2. The molecule has 1 aromatic carbocycles. The van der Waals surface area contributed by atoms with Gasteiger partial charge in [0.2, 0.25) is 0 Å². The third-order valence-electron chi connectivity index (χ3n) is 2.18. The van der Waals surface area contributed by atoms with E-state index in [9.17, 15) is 15.0 Å². The number of amides is 1. The van der Waals surface area contributed by atoms with Gasteiger partial charge >= 0.3 is 0 Å². The van der Waals surface area contributed by atoms with Crippen molar-refractivity contribution in [2.24, 2.45) is 0 Å². The van der Waals surface area contributed by atoms with Gasteiger partial charge in [-0.15, -0.1) is 0 Å². The van der Waals surface area contributed by atoms with E-state index in [1.807, 2.05) is 11.8 Å². The molecule has 0 aliphatic heterocycles. The molecule has 0 heterocycles. The van der Waals surface area contributed by atoms with Crippen LogP contribution in [0.25, 0.3) is 0 Å². The second kappa shape index (κ2) is 7.06. The molecule has 0 spiro atoms. The highest BCUT2D eigenvalue weighted by Crippen LogP contribution is 2.21. The molecule has 4 nitrogen and oxygen atoms in total. The van der Waals surface area contributed by atoms with E-state index < -0.39 is 0 Å². The van der Waals surface area contributed by atoms with Crippen LogP contribution < -0.4 is 5.32 Å². The van der Waals surface area contributed by atoms with Crippen LogP contribution in [0.1, 0.15) is 23.7 Å². The molecule has 0 aliphatic rings. The number of rotatable bonds is 6. The minimum Gasteiger partial charge on any atom is -0.508 e. The molecule has 1 amide bonds. The van der Waals surface area contributed by atoms with Gasteiger partial charge in [-0.1, -0.05) is 6.92 Å². The van der Waals surface area contributed by atoms with Crippen molar-refractivity contribution in [3.8, 4) is 11.5 Å². The Morgan fingerprint density at radius 1 is 1.41 bits per heavy atom. The summed E-state index contributed by atoms with van der Waals surface area (Å²) in [5, 5.41) is 21.4. The molecular formula is C12H17NO3S. The van der Waals surface area contributed by atoms with Crippen LogP contribution >= 0.6 is 11.8 Å². The van der Waals surface area contributed by atoms with Crippen LogP contribution in [0, 0.1) is 0 Å². The van der Waals surface area contributed by atoms with Crippen molar-refractivity contribution in [1.29, 1.82) is 0 Å². The molecule has 3 N–H and O–H groups in total. The molecule has 0 bridgehead atoms. The Labute approximate surface area is 105 Å². The van der Waals surface area contributed by atoms with E-state index in [2.05, 4.69) is 12.2 Å². The second-order valence-corrected chi connectivity index (χ2v) is 4.90. The fourth-order valence-electron chi connectivity index (χ4n) is 1.32. The molecule has 1 rings (SSSR count). The molecule has 5 heteroatoms. The number of carbonyl (C=O) groups is 1. The Balaban J connectivity index is 2.44. The summed E-state index contributed by atoms with van der Waals surface area (Å²) in [4.78, 5) is 11.7. The zero-order valence-electron chi connectivity index (χ0n) is 9.77. The molecule has 0 saturated heterocycles. The molecule has 0 atom stereocenters. The maximum atomic E-state index is 11.7. The predicted molar refractivity (Wildman–Crippen MR) is 69.7 cm³/mol. The number of carbonyl (C=O) groups excluding carboxylic acids is 1. The summed E-state index contributed by atoms with van der Waals surface area (Å²) in [7, 11) is 0.